The second-order valence-corrected chi connectivity index (χ2v) is 11.8. The molecular formula is C29H29BrN2O3S2. The zero-order chi connectivity index (χ0) is 24.5. The number of carbonyl (C=O) groups is 2. The van der Waals surface area contributed by atoms with Gasteiger partial charge in [-0.15, -0.1) is 22.7 Å². The van der Waals surface area contributed by atoms with Crippen molar-refractivity contribution in [2.75, 3.05) is 31.5 Å². The number of benzene rings is 2. The Balaban J connectivity index is 0.00000280. The lowest BCUT2D eigenvalue weighted by Crippen LogP contribution is -3.00. The number of quaternary nitrogens is 1. The van der Waals surface area contributed by atoms with Gasteiger partial charge in [-0.05, 0) is 40.4 Å². The maximum atomic E-state index is 13.8. The minimum atomic E-state index is -0.597. The van der Waals surface area contributed by atoms with E-state index in [1.807, 2.05) is 60.0 Å². The number of hydrogen-bond acceptors (Lipinski definition) is 6. The zero-order valence-electron chi connectivity index (χ0n) is 20.3. The van der Waals surface area contributed by atoms with Gasteiger partial charge in [0.05, 0.1) is 18.0 Å². The lowest BCUT2D eigenvalue weighted by molar-refractivity contribution is -0.938. The van der Waals surface area contributed by atoms with Crippen LogP contribution in [0.2, 0.25) is 0 Å². The molecule has 0 radical (unpaired) electrons. The van der Waals surface area contributed by atoms with E-state index in [-0.39, 0.29) is 34.8 Å². The highest BCUT2D eigenvalue weighted by Crippen LogP contribution is 2.38. The molecule has 7 rings (SSSR count). The van der Waals surface area contributed by atoms with Crippen molar-refractivity contribution in [1.82, 2.24) is 0 Å². The molecule has 5 nitrogen and oxygen atoms in total. The van der Waals surface area contributed by atoms with E-state index in [9.17, 15) is 9.59 Å². The molecule has 192 valence electrons. The van der Waals surface area contributed by atoms with Gasteiger partial charge in [-0.1, -0.05) is 42.5 Å². The second kappa shape index (κ2) is 11.1. The molecular weight excluding hydrogens is 568 g/mol. The molecule has 2 aromatic heterocycles. The number of anilines is 1. The molecule has 1 unspecified atom stereocenters. The first-order chi connectivity index (χ1) is 17.6. The summed E-state index contributed by atoms with van der Waals surface area (Å²) < 4.78 is 8.19. The molecule has 3 saturated heterocycles. The molecule has 37 heavy (non-hydrogen) atoms. The number of piperidine rings is 3. The van der Waals surface area contributed by atoms with Gasteiger partial charge in [0.2, 0.25) is 5.78 Å². The highest BCUT2D eigenvalue weighted by Gasteiger charge is 2.49. The van der Waals surface area contributed by atoms with Gasteiger partial charge in [-0.3, -0.25) is 4.79 Å². The topological polar surface area (TPSA) is 55.4 Å². The number of nitrogens with zero attached hydrogens (tertiary/aromatic N) is 1. The number of rotatable bonds is 8. The van der Waals surface area contributed by atoms with E-state index in [0.29, 0.717) is 12.5 Å². The molecule has 2 aromatic carbocycles. The third-order valence-electron chi connectivity index (χ3n) is 7.73. The molecule has 8 heteroatoms. The standard InChI is InChI=1S/C29H29N2O3S2.BrH/c32-24(27-11-6-16-35-27)17-31-14-12-20(13-15-31)25(18-31)34-29(33)28(30-21-7-2-1-3-8-21)23-19-36-26-10-5-4-9-22(23)26;/h1-11,16,19-20,25,28,30H,12-15,17-18H2;1H/q+1;/p-1/t20?,25-,28?,31?;/m0./s1. The SMILES string of the molecule is O=C(C[N+]12CCC(CC1)[C@@H](OC(=O)C(Nc1ccccc1)c1csc3ccccc13)C2)c1cccs1.[Br-]. The summed E-state index contributed by atoms with van der Waals surface area (Å²) in [5.74, 6) is 0.315. The fourth-order valence-electron chi connectivity index (χ4n) is 5.80. The van der Waals surface area contributed by atoms with Crippen LogP contribution in [0.15, 0.2) is 77.5 Å². The Hall–Kier alpha value is -2.52. The first kappa shape index (κ1) is 26.1. The normalized spacial score (nSPS) is 23.2. The van der Waals surface area contributed by atoms with E-state index >= 15 is 0 Å². The molecule has 0 spiro atoms. The number of Topliss-reactive ketones (excluding diaryl/α,β-unsaturated/α-hetero) is 1. The minimum Gasteiger partial charge on any atom is -1.00 e. The summed E-state index contributed by atoms with van der Waals surface area (Å²) in [5.41, 5.74) is 1.83. The number of carbonyl (C=O) groups excluding carboxylic acids is 2. The first-order valence-electron chi connectivity index (χ1n) is 12.5. The van der Waals surface area contributed by atoms with Gasteiger partial charge in [0.15, 0.2) is 12.1 Å². The van der Waals surface area contributed by atoms with Gasteiger partial charge in [0, 0.05) is 34.7 Å². The van der Waals surface area contributed by atoms with E-state index in [1.165, 1.54) is 11.3 Å². The summed E-state index contributed by atoms with van der Waals surface area (Å²) in [6, 6.07) is 21.3. The number of fused-ring (bicyclic) bond motifs is 4. The molecule has 2 atom stereocenters. The Morgan fingerprint density at radius 1 is 0.973 bits per heavy atom. The van der Waals surface area contributed by atoms with Crippen molar-refractivity contribution in [2.45, 2.75) is 25.0 Å². The van der Waals surface area contributed by atoms with Gasteiger partial charge >= 0.3 is 5.97 Å². The quantitative estimate of drug-likeness (QED) is 0.193. The van der Waals surface area contributed by atoms with E-state index in [4.69, 9.17) is 4.74 Å². The van der Waals surface area contributed by atoms with Gasteiger partial charge in [0.25, 0.3) is 0 Å². The van der Waals surface area contributed by atoms with E-state index < -0.39 is 6.04 Å². The number of nitrogens with one attached hydrogen (secondary N) is 1. The number of ketones is 1. The predicted octanol–water partition coefficient (Wildman–Crippen LogP) is 3.16. The fraction of sp³-hybridized carbons (Fsp3) is 0.310. The van der Waals surface area contributed by atoms with Crippen LogP contribution in [0.3, 0.4) is 0 Å². The van der Waals surface area contributed by atoms with Crippen LogP contribution in [0, 0.1) is 5.92 Å². The van der Waals surface area contributed by atoms with Crippen LogP contribution in [0.5, 0.6) is 0 Å². The molecule has 1 N–H and O–H groups in total. The summed E-state index contributed by atoms with van der Waals surface area (Å²) >= 11 is 3.15. The van der Waals surface area contributed by atoms with E-state index in [1.54, 1.807) is 11.3 Å². The number of thiophene rings is 2. The first-order valence-corrected chi connectivity index (χ1v) is 14.3. The van der Waals surface area contributed by atoms with Crippen LogP contribution in [0.25, 0.3) is 10.1 Å². The molecule has 0 saturated carbocycles. The molecule has 3 fully saturated rings. The van der Waals surface area contributed by atoms with Crippen molar-refractivity contribution in [3.8, 4) is 0 Å². The van der Waals surface area contributed by atoms with Gasteiger partial charge in [-0.2, -0.15) is 0 Å². The fourth-order valence-corrected chi connectivity index (χ4v) is 7.44. The smallest absolute Gasteiger partial charge is 0.333 e. The van der Waals surface area contributed by atoms with Crippen LogP contribution >= 0.6 is 22.7 Å². The van der Waals surface area contributed by atoms with Crippen molar-refractivity contribution in [3.63, 3.8) is 0 Å². The highest BCUT2D eigenvalue weighted by molar-refractivity contribution is 7.17. The molecule has 4 aromatic rings. The highest BCUT2D eigenvalue weighted by atomic mass is 79.9. The average molecular weight is 598 g/mol. The van der Waals surface area contributed by atoms with Crippen LogP contribution in [-0.2, 0) is 9.53 Å². The third-order valence-corrected chi connectivity index (χ3v) is 9.62. The Labute approximate surface area is 235 Å². The molecule has 0 amide bonds. The summed E-state index contributed by atoms with van der Waals surface area (Å²) in [4.78, 5) is 27.6. The maximum Gasteiger partial charge on any atom is 0.333 e. The Kier molecular flexibility index (Phi) is 7.81. The van der Waals surface area contributed by atoms with E-state index in [2.05, 4.69) is 22.8 Å². The Morgan fingerprint density at radius 3 is 2.49 bits per heavy atom. The van der Waals surface area contributed by atoms with Gasteiger partial charge in [0.1, 0.15) is 13.1 Å². The summed E-state index contributed by atoms with van der Waals surface area (Å²) in [5, 5.41) is 8.54. The second-order valence-electron chi connectivity index (χ2n) is 9.97. The summed E-state index contributed by atoms with van der Waals surface area (Å²) in [7, 11) is 0. The lowest BCUT2D eigenvalue weighted by atomic mass is 9.83. The monoisotopic (exact) mass is 596 g/mol. The zero-order valence-corrected chi connectivity index (χ0v) is 23.6. The molecule has 0 aliphatic carbocycles. The Morgan fingerprint density at radius 2 is 1.73 bits per heavy atom. The van der Waals surface area contributed by atoms with Crippen molar-refractivity contribution in [2.24, 2.45) is 5.92 Å². The predicted molar refractivity (Wildman–Crippen MR) is 146 cm³/mol. The van der Waals surface area contributed by atoms with Gasteiger partial charge < -0.3 is 31.5 Å². The maximum absolute atomic E-state index is 13.8. The molecule has 3 aliphatic rings. The van der Waals surface area contributed by atoms with Crippen LogP contribution < -0.4 is 22.3 Å². The minimum absolute atomic E-state index is 0. The number of esters is 1. The van der Waals surface area contributed by atoms with Crippen molar-refractivity contribution >= 4 is 50.2 Å². The summed E-state index contributed by atoms with van der Waals surface area (Å²) in [6.45, 7) is 3.17. The molecule has 3 aliphatic heterocycles. The van der Waals surface area contributed by atoms with Crippen molar-refractivity contribution in [3.05, 3.63) is 87.9 Å². The molecule has 2 bridgehead atoms. The number of para-hydroxylation sites is 1. The van der Waals surface area contributed by atoms with Gasteiger partial charge in [-0.25, -0.2) is 4.79 Å². The largest absolute Gasteiger partial charge is 1.00 e. The van der Waals surface area contributed by atoms with Crippen LogP contribution in [0.1, 0.15) is 34.1 Å². The lowest BCUT2D eigenvalue weighted by Gasteiger charge is -2.51. The average Bonchev–Trinajstić information content (AvgIpc) is 3.59. The Bertz CT molecular complexity index is 1360. The van der Waals surface area contributed by atoms with Crippen LogP contribution in [-0.4, -0.2) is 48.5 Å². The number of hydrogen-bond donors (Lipinski definition) is 1. The number of halogens is 1. The third kappa shape index (κ3) is 5.39. The van der Waals surface area contributed by atoms with E-state index in [0.717, 1.165) is 63.2 Å². The number of ether oxygens (including phenoxy) is 1. The summed E-state index contributed by atoms with van der Waals surface area (Å²) in [6.07, 6.45) is 1.82. The van der Waals surface area contributed by atoms with Crippen molar-refractivity contribution in [1.29, 1.82) is 0 Å². The van der Waals surface area contributed by atoms with Crippen molar-refractivity contribution < 1.29 is 35.8 Å². The van der Waals surface area contributed by atoms with Crippen LogP contribution in [0.4, 0.5) is 5.69 Å². The molecule has 5 heterocycles.